The first-order valence-corrected chi connectivity index (χ1v) is 20.0. The second-order valence-electron chi connectivity index (χ2n) is 10.2. The number of aryl methyl sites for hydroxylation is 4. The molecule has 0 aliphatic heterocycles. The summed E-state index contributed by atoms with van der Waals surface area (Å²) in [6, 6.07) is 18.5. The van der Waals surface area contributed by atoms with E-state index in [-0.39, 0.29) is 5.49 Å². The zero-order valence-electron chi connectivity index (χ0n) is 20.6. The van der Waals surface area contributed by atoms with Crippen molar-refractivity contribution in [2.24, 2.45) is 0 Å². The summed E-state index contributed by atoms with van der Waals surface area (Å²) in [5, 5.41) is 5.86. The van der Waals surface area contributed by atoms with Crippen molar-refractivity contribution < 1.29 is 23.0 Å². The summed E-state index contributed by atoms with van der Waals surface area (Å²) in [5.41, 5.74) is 9.05. The van der Waals surface area contributed by atoms with Crippen LogP contribution in [0.25, 0.3) is 21.5 Å². The quantitative estimate of drug-likeness (QED) is 0.159. The molecule has 2 heteroatoms. The Morgan fingerprint density at radius 3 is 1.25 bits per heavy atom. The third-order valence-corrected chi connectivity index (χ3v) is 6.79. The van der Waals surface area contributed by atoms with Crippen molar-refractivity contribution in [1.82, 2.24) is 0 Å². The number of fused-ring (bicyclic) bond motifs is 2. The zero-order chi connectivity index (χ0) is 23.0. The van der Waals surface area contributed by atoms with Crippen LogP contribution < -0.4 is 0 Å². The zero-order valence-corrected chi connectivity index (χ0v) is 25.2. The average Bonchev–Trinajstić information content (AvgIpc) is 3.68. The summed E-state index contributed by atoms with van der Waals surface area (Å²) in [4.78, 5) is 0. The van der Waals surface area contributed by atoms with E-state index >= 15 is 0 Å². The molecule has 2 fully saturated rings. The molecule has 0 amide bonds. The first-order chi connectivity index (χ1) is 15.2. The van der Waals surface area contributed by atoms with Gasteiger partial charge in [-0.15, -0.1) is 68.1 Å². The fraction of sp³-hybridized carbons (Fsp3) is 0.400. The Hall–Kier alpha value is -1.25. The van der Waals surface area contributed by atoms with Gasteiger partial charge in [-0.2, -0.15) is 12.1 Å². The van der Waals surface area contributed by atoms with Gasteiger partial charge in [-0.1, -0.05) is 37.1 Å². The van der Waals surface area contributed by atoms with Crippen LogP contribution in [0, 0.1) is 27.7 Å². The minimum atomic E-state index is 0.259. The Kier molecular flexibility index (Phi) is 7.42. The van der Waals surface area contributed by atoms with Gasteiger partial charge >= 0.3 is 41.6 Å². The number of rotatable bonds is 2. The van der Waals surface area contributed by atoms with Crippen molar-refractivity contribution in [3.63, 3.8) is 0 Å². The molecule has 0 spiro atoms. The Bertz CT molecular complexity index is 1090. The molecule has 4 aromatic rings. The third kappa shape index (κ3) is 5.62. The van der Waals surface area contributed by atoms with Crippen molar-refractivity contribution >= 4 is 27.0 Å². The van der Waals surface area contributed by atoms with Crippen LogP contribution in [-0.2, 0) is 23.0 Å². The molecule has 0 bridgehead atoms. The average molecular weight is 603 g/mol. The van der Waals surface area contributed by atoms with E-state index in [0.717, 1.165) is 11.8 Å². The monoisotopic (exact) mass is 604 g/mol. The van der Waals surface area contributed by atoms with Gasteiger partial charge in [-0.3, -0.25) is 0 Å². The SMILES string of the molecule is C[Si](C)=[Hf+2].Cc1ccc(C)c2[cH-]c(C3CC3)cc12.Cc1ccc(C)c2[cH-]c(C3CC3)cc12. The van der Waals surface area contributed by atoms with E-state index in [2.05, 4.69) is 89.3 Å². The van der Waals surface area contributed by atoms with Crippen molar-refractivity contribution in [2.75, 3.05) is 0 Å². The van der Waals surface area contributed by atoms with Gasteiger partial charge in [0.1, 0.15) is 0 Å². The molecule has 0 radical (unpaired) electrons. The molecule has 0 heterocycles. The van der Waals surface area contributed by atoms with Crippen molar-refractivity contribution in [1.29, 1.82) is 0 Å². The molecule has 2 aliphatic carbocycles. The Labute approximate surface area is 209 Å². The molecule has 0 aromatic heterocycles. The molecular formula is C30H36HfSi. The van der Waals surface area contributed by atoms with Crippen LogP contribution in [0.4, 0.5) is 0 Å². The van der Waals surface area contributed by atoms with Gasteiger partial charge in [0.15, 0.2) is 0 Å². The molecule has 2 aliphatic rings. The normalized spacial score (nSPS) is 15.2. The van der Waals surface area contributed by atoms with Crippen LogP contribution in [0.3, 0.4) is 0 Å². The number of hydrogen-bond acceptors (Lipinski definition) is 0. The molecule has 0 nitrogen and oxygen atoms in total. The standard InChI is InChI=1S/2C14H15.C2H6Si.Hf/c2*1-9-3-4-10(2)14-8-12(7-13(9)14)11-5-6-11;1-3-2;/h2*3-4,7-8,11H,5-6H2,1-2H3;1-2H3;/q2*-1;;+2. The maximum Gasteiger partial charge on any atom is -0.0340 e. The second-order valence-corrected chi connectivity index (χ2v) is 23.0. The van der Waals surface area contributed by atoms with Gasteiger partial charge in [0.05, 0.1) is 0 Å². The van der Waals surface area contributed by atoms with Crippen molar-refractivity contribution in [2.45, 2.75) is 78.3 Å². The molecule has 164 valence electrons. The largest absolute Gasteiger partial charge is 0.164 e. The Morgan fingerprint density at radius 1 is 0.656 bits per heavy atom. The fourth-order valence-corrected chi connectivity index (χ4v) is 4.53. The summed E-state index contributed by atoms with van der Waals surface area (Å²) < 4.78 is 0. The van der Waals surface area contributed by atoms with Crippen LogP contribution in [0.15, 0.2) is 48.5 Å². The molecular weight excluding hydrogens is 567 g/mol. The minimum absolute atomic E-state index is 0.259. The van der Waals surface area contributed by atoms with Crippen LogP contribution in [0.5, 0.6) is 0 Å². The predicted octanol–water partition coefficient (Wildman–Crippen LogP) is 8.89. The molecule has 0 N–H and O–H groups in total. The van der Waals surface area contributed by atoms with Crippen LogP contribution in [0.1, 0.15) is 70.9 Å². The van der Waals surface area contributed by atoms with E-state index in [1.165, 1.54) is 92.5 Å². The smallest absolute Gasteiger partial charge is 0.0340 e. The second kappa shape index (κ2) is 9.93. The summed E-state index contributed by atoms with van der Waals surface area (Å²) in [5.74, 6) is 1.75. The van der Waals surface area contributed by atoms with Crippen LogP contribution in [-0.4, -0.2) is 5.49 Å². The molecule has 32 heavy (non-hydrogen) atoms. The summed E-state index contributed by atoms with van der Waals surface area (Å²) in [6.45, 7) is 13.5. The fourth-order valence-electron chi connectivity index (χ4n) is 4.53. The molecule has 2 saturated carbocycles. The van der Waals surface area contributed by atoms with E-state index in [1.54, 1.807) is 11.1 Å². The van der Waals surface area contributed by atoms with Gasteiger partial charge in [0.25, 0.3) is 0 Å². The Morgan fingerprint density at radius 2 is 0.969 bits per heavy atom. The van der Waals surface area contributed by atoms with Gasteiger partial charge in [-0.25, -0.2) is 0 Å². The van der Waals surface area contributed by atoms with E-state index in [1.807, 2.05) is 0 Å². The predicted molar refractivity (Wildman–Crippen MR) is 139 cm³/mol. The minimum Gasteiger partial charge on any atom is -0.164 e. The summed E-state index contributed by atoms with van der Waals surface area (Å²) in [7, 11) is 0. The van der Waals surface area contributed by atoms with Gasteiger partial charge in [0.2, 0.25) is 0 Å². The molecule has 4 aromatic carbocycles. The molecule has 0 unspecified atom stereocenters. The molecule has 0 saturated heterocycles. The maximum absolute atomic E-state index is 2.40. The summed E-state index contributed by atoms with van der Waals surface area (Å²) in [6.07, 6.45) is 5.59. The van der Waals surface area contributed by atoms with Gasteiger partial charge in [-0.05, 0) is 51.4 Å². The van der Waals surface area contributed by atoms with Gasteiger partial charge in [0, 0.05) is 0 Å². The van der Waals surface area contributed by atoms with E-state index < -0.39 is 0 Å². The van der Waals surface area contributed by atoms with Crippen LogP contribution in [0.2, 0.25) is 13.1 Å². The maximum atomic E-state index is 2.40. The molecule has 0 atom stereocenters. The van der Waals surface area contributed by atoms with E-state index in [9.17, 15) is 0 Å². The first kappa shape index (κ1) is 23.9. The Balaban J connectivity index is 0.000000132. The van der Waals surface area contributed by atoms with Crippen molar-refractivity contribution in [3.8, 4) is 0 Å². The van der Waals surface area contributed by atoms with E-state index in [0.29, 0.717) is 0 Å². The van der Waals surface area contributed by atoms with Gasteiger partial charge < -0.3 is 0 Å². The molecule has 6 rings (SSSR count). The summed E-state index contributed by atoms with van der Waals surface area (Å²) >= 11 is 1.45. The third-order valence-electron chi connectivity index (χ3n) is 6.79. The number of hydrogen-bond donors (Lipinski definition) is 0. The van der Waals surface area contributed by atoms with Crippen LogP contribution >= 0.6 is 0 Å². The van der Waals surface area contributed by atoms with Crippen molar-refractivity contribution in [3.05, 3.63) is 81.9 Å². The number of benzene rings is 2. The first-order valence-electron chi connectivity index (χ1n) is 12.1. The topological polar surface area (TPSA) is 0 Å². The van der Waals surface area contributed by atoms with E-state index in [4.69, 9.17) is 0 Å².